The standard InChI is InChI=1S/C21H31N5O.2CH2O2/c1-15-12-18-19(13-16(15)2)24-20(23-18)14-22-21(27)26-9-5-8-25(10-11-26)17-6-3-4-7-17;2*2-1-3/h12-13,17H,3-11,14H2,1-2H3,(H,22,27)(H,23,24);2*1H,(H,2,3). The fourth-order valence-corrected chi connectivity index (χ4v) is 4.45. The third-order valence-corrected chi connectivity index (χ3v) is 6.21. The van der Waals surface area contributed by atoms with Gasteiger partial charge in [0.05, 0.1) is 17.6 Å². The summed E-state index contributed by atoms with van der Waals surface area (Å²) in [7, 11) is 0. The highest BCUT2D eigenvalue weighted by molar-refractivity contribution is 5.77. The predicted molar refractivity (Wildman–Crippen MR) is 125 cm³/mol. The van der Waals surface area contributed by atoms with Crippen molar-refractivity contribution in [3.05, 3.63) is 29.1 Å². The van der Waals surface area contributed by atoms with E-state index in [1.165, 1.54) is 36.8 Å². The maximum atomic E-state index is 12.6. The Labute approximate surface area is 194 Å². The highest BCUT2D eigenvalue weighted by Gasteiger charge is 2.26. The number of H-pyrrole nitrogens is 1. The molecule has 1 aliphatic heterocycles. The van der Waals surface area contributed by atoms with Crippen molar-refractivity contribution in [3.8, 4) is 0 Å². The highest BCUT2D eigenvalue weighted by Crippen LogP contribution is 2.24. The lowest BCUT2D eigenvalue weighted by Crippen LogP contribution is -2.42. The van der Waals surface area contributed by atoms with Gasteiger partial charge in [-0.1, -0.05) is 12.8 Å². The number of imidazole rings is 1. The number of carbonyl (C=O) groups is 3. The summed E-state index contributed by atoms with van der Waals surface area (Å²) in [5.41, 5.74) is 4.48. The van der Waals surface area contributed by atoms with Gasteiger partial charge in [-0.25, -0.2) is 9.78 Å². The maximum Gasteiger partial charge on any atom is 0.317 e. The van der Waals surface area contributed by atoms with Gasteiger partial charge in [-0.2, -0.15) is 0 Å². The fourth-order valence-electron chi connectivity index (χ4n) is 4.45. The molecule has 2 heterocycles. The van der Waals surface area contributed by atoms with E-state index in [-0.39, 0.29) is 19.0 Å². The lowest BCUT2D eigenvalue weighted by atomic mass is 10.1. The topological polar surface area (TPSA) is 139 Å². The normalized spacial score (nSPS) is 16.7. The van der Waals surface area contributed by atoms with E-state index in [0.29, 0.717) is 6.54 Å². The van der Waals surface area contributed by atoms with E-state index in [1.54, 1.807) is 0 Å². The van der Waals surface area contributed by atoms with Crippen LogP contribution in [0, 0.1) is 13.8 Å². The third kappa shape index (κ3) is 7.74. The van der Waals surface area contributed by atoms with Crippen LogP contribution in [0.3, 0.4) is 0 Å². The quantitative estimate of drug-likeness (QED) is 0.516. The molecule has 2 amide bonds. The van der Waals surface area contributed by atoms with E-state index < -0.39 is 0 Å². The van der Waals surface area contributed by atoms with Crippen molar-refractivity contribution in [3.63, 3.8) is 0 Å². The van der Waals surface area contributed by atoms with Crippen molar-refractivity contribution in [2.75, 3.05) is 26.2 Å². The van der Waals surface area contributed by atoms with E-state index in [0.717, 1.165) is 55.5 Å². The number of hydrogen-bond acceptors (Lipinski definition) is 5. The molecule has 10 nitrogen and oxygen atoms in total. The molecular weight excluding hydrogens is 426 g/mol. The summed E-state index contributed by atoms with van der Waals surface area (Å²) in [5.74, 6) is 0.811. The lowest BCUT2D eigenvalue weighted by molar-refractivity contribution is -0.123. The molecule has 2 aliphatic rings. The number of carboxylic acid groups (broad SMARTS) is 2. The average Bonchev–Trinajstić information content (AvgIpc) is 3.38. The number of rotatable bonds is 3. The molecule has 0 unspecified atom stereocenters. The van der Waals surface area contributed by atoms with Crippen molar-refractivity contribution in [2.24, 2.45) is 0 Å². The van der Waals surface area contributed by atoms with E-state index >= 15 is 0 Å². The van der Waals surface area contributed by atoms with Gasteiger partial charge in [-0.3, -0.25) is 14.5 Å². The van der Waals surface area contributed by atoms with Gasteiger partial charge < -0.3 is 25.4 Å². The van der Waals surface area contributed by atoms with Crippen molar-refractivity contribution < 1.29 is 24.6 Å². The zero-order valence-corrected chi connectivity index (χ0v) is 19.4. The first-order chi connectivity index (χ1) is 15.9. The fraction of sp³-hybridized carbons (Fsp3) is 0.565. The van der Waals surface area contributed by atoms with Gasteiger partial charge in [0.15, 0.2) is 0 Å². The Hall–Kier alpha value is -3.14. The Morgan fingerprint density at radius 3 is 2.36 bits per heavy atom. The smallest absolute Gasteiger partial charge is 0.317 e. The van der Waals surface area contributed by atoms with Gasteiger partial charge in [0.25, 0.3) is 12.9 Å². The van der Waals surface area contributed by atoms with Crippen molar-refractivity contribution in [1.82, 2.24) is 25.1 Å². The van der Waals surface area contributed by atoms with Gasteiger partial charge in [0.2, 0.25) is 0 Å². The molecule has 4 rings (SSSR count). The van der Waals surface area contributed by atoms with Crippen LogP contribution in [0.4, 0.5) is 4.79 Å². The number of urea groups is 1. The number of amides is 2. The first kappa shape index (κ1) is 26.1. The molecule has 1 aromatic heterocycles. The van der Waals surface area contributed by atoms with Crippen LogP contribution in [0.25, 0.3) is 11.0 Å². The minimum atomic E-state index is -0.250. The predicted octanol–water partition coefficient (Wildman–Crippen LogP) is 2.74. The summed E-state index contributed by atoms with van der Waals surface area (Å²) in [4.78, 5) is 41.9. The van der Waals surface area contributed by atoms with Gasteiger partial charge in [0.1, 0.15) is 5.82 Å². The Morgan fingerprint density at radius 1 is 1.06 bits per heavy atom. The summed E-state index contributed by atoms with van der Waals surface area (Å²) in [6.45, 7) is 7.92. The lowest BCUT2D eigenvalue weighted by Gasteiger charge is -2.27. The van der Waals surface area contributed by atoms with E-state index in [9.17, 15) is 4.79 Å². The zero-order chi connectivity index (χ0) is 24.2. The van der Waals surface area contributed by atoms with Crippen LogP contribution in [0.15, 0.2) is 12.1 Å². The molecule has 182 valence electrons. The Morgan fingerprint density at radius 2 is 1.70 bits per heavy atom. The maximum absolute atomic E-state index is 12.6. The summed E-state index contributed by atoms with van der Waals surface area (Å²) < 4.78 is 0. The molecule has 0 spiro atoms. The number of aromatic amines is 1. The second kappa shape index (κ2) is 13.4. The van der Waals surface area contributed by atoms with Gasteiger partial charge in [-0.05, 0) is 56.4 Å². The number of benzene rings is 1. The molecular formula is C23H35N5O5. The molecule has 0 bridgehead atoms. The zero-order valence-electron chi connectivity index (χ0n) is 19.4. The average molecular weight is 462 g/mol. The van der Waals surface area contributed by atoms with Crippen molar-refractivity contribution >= 4 is 30.0 Å². The number of carbonyl (C=O) groups excluding carboxylic acids is 1. The number of hydrogen-bond donors (Lipinski definition) is 4. The van der Waals surface area contributed by atoms with Gasteiger partial charge in [0, 0.05) is 32.2 Å². The molecule has 1 saturated carbocycles. The second-order valence-corrected chi connectivity index (χ2v) is 8.32. The number of nitrogens with zero attached hydrogens (tertiary/aromatic N) is 3. The minimum Gasteiger partial charge on any atom is -0.483 e. The Balaban J connectivity index is 0.000000582. The van der Waals surface area contributed by atoms with Crippen LogP contribution in [0.1, 0.15) is 49.1 Å². The number of fused-ring (bicyclic) bond motifs is 1. The van der Waals surface area contributed by atoms with Crippen LogP contribution < -0.4 is 5.32 Å². The molecule has 2 aromatic rings. The molecule has 4 N–H and O–H groups in total. The largest absolute Gasteiger partial charge is 0.483 e. The monoisotopic (exact) mass is 461 g/mol. The summed E-state index contributed by atoms with van der Waals surface area (Å²) in [5, 5.41) is 16.8. The second-order valence-electron chi connectivity index (χ2n) is 8.32. The van der Waals surface area contributed by atoms with Crippen LogP contribution in [-0.2, 0) is 16.1 Å². The molecule has 1 aromatic carbocycles. The third-order valence-electron chi connectivity index (χ3n) is 6.21. The van der Waals surface area contributed by atoms with Crippen molar-refractivity contribution in [2.45, 2.75) is 58.5 Å². The van der Waals surface area contributed by atoms with Crippen LogP contribution in [0.2, 0.25) is 0 Å². The SMILES string of the molecule is Cc1cc2nc(CNC(=O)N3CCCN(C4CCCC4)CC3)[nH]c2cc1C.O=CO.O=CO. The van der Waals surface area contributed by atoms with Gasteiger partial charge >= 0.3 is 6.03 Å². The number of aromatic nitrogens is 2. The summed E-state index contributed by atoms with van der Waals surface area (Å²) in [6, 6.07) is 4.99. The van der Waals surface area contributed by atoms with Gasteiger partial charge in [-0.15, -0.1) is 0 Å². The number of nitrogens with one attached hydrogen (secondary N) is 2. The Kier molecular flexibility index (Phi) is 10.6. The summed E-state index contributed by atoms with van der Waals surface area (Å²) >= 11 is 0. The van der Waals surface area contributed by atoms with E-state index in [4.69, 9.17) is 19.8 Å². The summed E-state index contributed by atoms with van der Waals surface area (Å²) in [6.07, 6.45) is 6.45. The molecule has 10 heteroatoms. The first-order valence-corrected chi connectivity index (χ1v) is 11.3. The molecule has 0 radical (unpaired) electrons. The minimum absolute atomic E-state index is 0.0242. The molecule has 33 heavy (non-hydrogen) atoms. The van der Waals surface area contributed by atoms with Crippen molar-refractivity contribution in [1.29, 1.82) is 0 Å². The van der Waals surface area contributed by atoms with E-state index in [2.05, 4.69) is 46.2 Å². The molecule has 1 aliphatic carbocycles. The van der Waals surface area contributed by atoms with Crippen LogP contribution >= 0.6 is 0 Å². The van der Waals surface area contributed by atoms with E-state index in [1.807, 2.05) is 4.90 Å². The number of aryl methyl sites for hydroxylation is 2. The Bertz CT molecular complexity index is 865. The molecule has 0 atom stereocenters. The van der Waals surface area contributed by atoms with Crippen LogP contribution in [0.5, 0.6) is 0 Å². The highest BCUT2D eigenvalue weighted by atomic mass is 16.3. The van der Waals surface area contributed by atoms with Crippen LogP contribution in [-0.4, -0.2) is 81.2 Å². The first-order valence-electron chi connectivity index (χ1n) is 11.3. The molecule has 1 saturated heterocycles. The molecule has 2 fully saturated rings.